The molecule has 0 saturated heterocycles. The molecule has 0 amide bonds. The van der Waals surface area contributed by atoms with E-state index in [0.29, 0.717) is 17.3 Å². The zero-order valence-electron chi connectivity index (χ0n) is 9.33. The topological polar surface area (TPSA) is 50.2 Å². The van der Waals surface area contributed by atoms with Crippen LogP contribution < -0.4 is 0 Å². The Kier molecular flexibility index (Phi) is 2.48. The zero-order valence-corrected chi connectivity index (χ0v) is 10.1. The first kappa shape index (κ1) is 11.4. The van der Waals surface area contributed by atoms with Crippen molar-refractivity contribution in [1.82, 2.24) is 4.98 Å². The minimum Gasteiger partial charge on any atom is -0.478 e. The van der Waals surface area contributed by atoms with Crippen molar-refractivity contribution >= 4 is 28.5 Å². The van der Waals surface area contributed by atoms with Crippen LogP contribution in [0.5, 0.6) is 0 Å². The van der Waals surface area contributed by atoms with Gasteiger partial charge in [0.25, 0.3) is 0 Å². The van der Waals surface area contributed by atoms with Gasteiger partial charge >= 0.3 is 5.97 Å². The number of benzene rings is 1. The smallest absolute Gasteiger partial charge is 0.336 e. The molecular formula is C13H9ClFNO2. The highest BCUT2D eigenvalue weighted by molar-refractivity contribution is 6.31. The monoisotopic (exact) mass is 265 g/mol. The van der Waals surface area contributed by atoms with Crippen LogP contribution in [0, 0.1) is 5.82 Å². The molecule has 0 fully saturated rings. The molecule has 5 heteroatoms. The molecule has 3 nitrogen and oxygen atoms in total. The van der Waals surface area contributed by atoms with Crippen LogP contribution in [0.15, 0.2) is 12.1 Å². The second-order valence-corrected chi connectivity index (χ2v) is 4.76. The van der Waals surface area contributed by atoms with Gasteiger partial charge in [-0.15, -0.1) is 0 Å². The Labute approximate surface area is 107 Å². The lowest BCUT2D eigenvalue weighted by Crippen LogP contribution is -2.05. The molecule has 2 aromatic rings. The third kappa shape index (κ3) is 1.56. The van der Waals surface area contributed by atoms with Crippen LogP contribution in [0.2, 0.25) is 5.02 Å². The molecule has 0 bridgehead atoms. The summed E-state index contributed by atoms with van der Waals surface area (Å²) in [5.41, 5.74) is 2.10. The maximum atomic E-state index is 13.4. The highest BCUT2D eigenvalue weighted by Gasteiger charge is 2.24. The molecular weight excluding hydrogens is 257 g/mol. The van der Waals surface area contributed by atoms with Crippen molar-refractivity contribution in [1.29, 1.82) is 0 Å². The SMILES string of the molecule is O=C(O)c1c2c(nc3cc(F)c(Cl)cc13)CCC2. The highest BCUT2D eigenvalue weighted by Crippen LogP contribution is 2.32. The fourth-order valence-electron chi connectivity index (χ4n) is 2.50. The minimum atomic E-state index is -1.01. The van der Waals surface area contributed by atoms with E-state index >= 15 is 0 Å². The third-order valence-electron chi connectivity index (χ3n) is 3.27. The molecule has 0 unspecified atom stereocenters. The van der Waals surface area contributed by atoms with Gasteiger partial charge in [0.05, 0.1) is 16.1 Å². The van der Waals surface area contributed by atoms with Gasteiger partial charge in [-0.25, -0.2) is 9.18 Å². The molecule has 1 N–H and O–H groups in total. The fraction of sp³-hybridized carbons (Fsp3) is 0.231. The van der Waals surface area contributed by atoms with E-state index in [-0.39, 0.29) is 10.6 Å². The average Bonchev–Trinajstić information content (AvgIpc) is 2.74. The average molecular weight is 266 g/mol. The number of carbonyl (C=O) groups is 1. The van der Waals surface area contributed by atoms with Gasteiger partial charge in [0.15, 0.2) is 0 Å². The lowest BCUT2D eigenvalue weighted by molar-refractivity contribution is 0.0698. The summed E-state index contributed by atoms with van der Waals surface area (Å²) in [6.45, 7) is 0. The number of fused-ring (bicyclic) bond motifs is 2. The number of hydrogen-bond acceptors (Lipinski definition) is 2. The standard InChI is InChI=1S/C13H9ClFNO2/c14-8-4-7-11(5-9(8)15)16-10-3-1-2-6(10)12(7)13(17)18/h4-5H,1-3H2,(H,17,18). The number of hydrogen-bond donors (Lipinski definition) is 1. The summed E-state index contributed by atoms with van der Waals surface area (Å²) in [6, 6.07) is 2.55. The second kappa shape index (κ2) is 3.92. The molecule has 1 aromatic carbocycles. The number of aromatic carboxylic acids is 1. The van der Waals surface area contributed by atoms with Gasteiger partial charge in [-0.1, -0.05) is 11.6 Å². The molecule has 18 heavy (non-hydrogen) atoms. The molecule has 0 saturated carbocycles. The minimum absolute atomic E-state index is 0.0789. The number of carboxylic acids is 1. The van der Waals surface area contributed by atoms with Crippen molar-refractivity contribution in [2.24, 2.45) is 0 Å². The Morgan fingerprint density at radius 2 is 2.17 bits per heavy atom. The maximum Gasteiger partial charge on any atom is 0.336 e. The lowest BCUT2D eigenvalue weighted by Gasteiger charge is -2.09. The van der Waals surface area contributed by atoms with E-state index in [1.54, 1.807) is 0 Å². The van der Waals surface area contributed by atoms with E-state index in [1.807, 2.05) is 0 Å². The second-order valence-electron chi connectivity index (χ2n) is 4.35. The number of nitrogens with zero attached hydrogens (tertiary/aromatic N) is 1. The highest BCUT2D eigenvalue weighted by atomic mass is 35.5. The maximum absolute atomic E-state index is 13.4. The summed E-state index contributed by atoms with van der Waals surface area (Å²) in [5.74, 6) is -1.59. The van der Waals surface area contributed by atoms with E-state index in [0.717, 1.165) is 24.1 Å². The van der Waals surface area contributed by atoms with Crippen LogP contribution in [0.1, 0.15) is 28.0 Å². The molecule has 1 aliphatic rings. The third-order valence-corrected chi connectivity index (χ3v) is 3.56. The first-order chi connectivity index (χ1) is 8.58. The molecule has 3 rings (SSSR count). The summed E-state index contributed by atoms with van der Waals surface area (Å²) >= 11 is 5.72. The predicted octanol–water partition coefficient (Wildman–Crippen LogP) is 3.21. The predicted molar refractivity (Wildman–Crippen MR) is 65.7 cm³/mol. The van der Waals surface area contributed by atoms with E-state index in [2.05, 4.69) is 4.98 Å². The summed E-state index contributed by atoms with van der Waals surface area (Å²) in [7, 11) is 0. The van der Waals surface area contributed by atoms with Gasteiger partial charge < -0.3 is 5.11 Å². The van der Waals surface area contributed by atoms with Crippen LogP contribution in [-0.2, 0) is 12.8 Å². The van der Waals surface area contributed by atoms with E-state index in [9.17, 15) is 14.3 Å². The number of aromatic nitrogens is 1. The molecule has 0 spiro atoms. The van der Waals surface area contributed by atoms with Gasteiger partial charge in [0.2, 0.25) is 0 Å². The summed E-state index contributed by atoms with van der Waals surface area (Å²) in [5, 5.41) is 9.68. The Morgan fingerprint density at radius 3 is 2.89 bits per heavy atom. The van der Waals surface area contributed by atoms with Gasteiger partial charge in [-0.2, -0.15) is 0 Å². The van der Waals surface area contributed by atoms with Gasteiger partial charge in [-0.05, 0) is 30.9 Å². The van der Waals surface area contributed by atoms with Crippen molar-refractivity contribution in [3.63, 3.8) is 0 Å². The van der Waals surface area contributed by atoms with Crippen molar-refractivity contribution in [3.8, 4) is 0 Å². The van der Waals surface area contributed by atoms with Crippen LogP contribution in [0.25, 0.3) is 10.9 Å². The zero-order chi connectivity index (χ0) is 12.9. The van der Waals surface area contributed by atoms with Crippen molar-refractivity contribution < 1.29 is 14.3 Å². The molecule has 1 aromatic heterocycles. The Balaban J connectivity index is 2.46. The van der Waals surface area contributed by atoms with Crippen LogP contribution in [-0.4, -0.2) is 16.1 Å². The number of halogens is 2. The van der Waals surface area contributed by atoms with Gasteiger partial charge in [0, 0.05) is 17.1 Å². The first-order valence-corrected chi connectivity index (χ1v) is 5.99. The van der Waals surface area contributed by atoms with Crippen LogP contribution in [0.3, 0.4) is 0 Å². The summed E-state index contributed by atoms with van der Waals surface area (Å²) in [4.78, 5) is 15.7. The summed E-state index contributed by atoms with van der Waals surface area (Å²) in [6.07, 6.45) is 2.33. The quantitative estimate of drug-likeness (QED) is 0.861. The van der Waals surface area contributed by atoms with E-state index < -0.39 is 11.8 Å². The van der Waals surface area contributed by atoms with Crippen LogP contribution >= 0.6 is 11.6 Å². The van der Waals surface area contributed by atoms with E-state index in [1.165, 1.54) is 12.1 Å². The molecule has 0 aliphatic heterocycles. The summed E-state index contributed by atoms with van der Waals surface area (Å²) < 4.78 is 13.4. The normalized spacial score (nSPS) is 13.9. The van der Waals surface area contributed by atoms with E-state index in [4.69, 9.17) is 11.6 Å². The number of rotatable bonds is 1. The van der Waals surface area contributed by atoms with Crippen molar-refractivity contribution in [3.05, 3.63) is 39.8 Å². The lowest BCUT2D eigenvalue weighted by atomic mass is 10.0. The van der Waals surface area contributed by atoms with Crippen LogP contribution in [0.4, 0.5) is 4.39 Å². The molecule has 1 heterocycles. The molecule has 0 radical (unpaired) electrons. The Bertz CT molecular complexity index is 684. The molecule has 1 aliphatic carbocycles. The van der Waals surface area contributed by atoms with Gasteiger partial charge in [-0.3, -0.25) is 4.98 Å². The van der Waals surface area contributed by atoms with Crippen molar-refractivity contribution in [2.45, 2.75) is 19.3 Å². The molecule has 0 atom stereocenters. The number of pyridine rings is 1. The fourth-order valence-corrected chi connectivity index (χ4v) is 2.67. The molecule has 92 valence electrons. The first-order valence-electron chi connectivity index (χ1n) is 5.61. The van der Waals surface area contributed by atoms with Crippen molar-refractivity contribution in [2.75, 3.05) is 0 Å². The number of carboxylic acid groups (broad SMARTS) is 1. The van der Waals surface area contributed by atoms with Gasteiger partial charge in [0.1, 0.15) is 5.82 Å². The Morgan fingerprint density at radius 1 is 1.39 bits per heavy atom. The largest absolute Gasteiger partial charge is 0.478 e. The Hall–Kier alpha value is -1.68. The number of aryl methyl sites for hydroxylation is 1.